The zero-order chi connectivity index (χ0) is 18.6. The van der Waals surface area contributed by atoms with Crippen LogP contribution in [0.15, 0.2) is 42.5 Å². The van der Waals surface area contributed by atoms with Crippen molar-refractivity contribution in [2.24, 2.45) is 0 Å². The minimum Gasteiger partial charge on any atom is -0.426 e. The summed E-state index contributed by atoms with van der Waals surface area (Å²) in [5, 5.41) is 2.01. The Bertz CT molecular complexity index is 768. The highest BCUT2D eigenvalue weighted by molar-refractivity contribution is 5.90. The van der Waals surface area contributed by atoms with E-state index in [0.717, 1.165) is 49.3 Å². The molecule has 0 aromatic heterocycles. The number of unbranched alkanes of at least 4 members (excludes halogenated alkanes) is 5. The van der Waals surface area contributed by atoms with Gasteiger partial charge in [-0.15, -0.1) is 0 Å². The fourth-order valence-electron chi connectivity index (χ4n) is 2.82. The minimum atomic E-state index is -0.344. The SMILES string of the molecule is C#COC(=O)CCCCCCCCC(=O)Oc1cccc2ccccc12. The topological polar surface area (TPSA) is 52.6 Å². The summed E-state index contributed by atoms with van der Waals surface area (Å²) < 4.78 is 9.94. The lowest BCUT2D eigenvalue weighted by Gasteiger charge is -2.07. The Hall–Kier alpha value is -2.80. The van der Waals surface area contributed by atoms with Crippen molar-refractivity contribution in [2.45, 2.75) is 51.4 Å². The van der Waals surface area contributed by atoms with E-state index in [9.17, 15) is 9.59 Å². The normalized spacial score (nSPS) is 10.3. The van der Waals surface area contributed by atoms with E-state index in [-0.39, 0.29) is 11.9 Å². The Balaban J connectivity index is 1.59. The van der Waals surface area contributed by atoms with E-state index in [1.165, 1.54) is 0 Å². The van der Waals surface area contributed by atoms with Gasteiger partial charge in [0.2, 0.25) is 0 Å². The van der Waals surface area contributed by atoms with Crippen LogP contribution in [0.1, 0.15) is 51.4 Å². The predicted molar refractivity (Wildman–Crippen MR) is 101 cm³/mol. The molecule has 0 atom stereocenters. The van der Waals surface area contributed by atoms with Gasteiger partial charge >= 0.3 is 11.9 Å². The molecule has 0 aliphatic heterocycles. The largest absolute Gasteiger partial charge is 0.426 e. The van der Waals surface area contributed by atoms with Crippen LogP contribution in [0.2, 0.25) is 0 Å². The molecule has 0 aliphatic carbocycles. The number of benzene rings is 2. The Morgan fingerprint density at radius 3 is 2.15 bits per heavy atom. The average molecular weight is 352 g/mol. The van der Waals surface area contributed by atoms with Gasteiger partial charge < -0.3 is 9.47 Å². The van der Waals surface area contributed by atoms with Crippen molar-refractivity contribution < 1.29 is 19.1 Å². The first-order chi connectivity index (χ1) is 12.7. The summed E-state index contributed by atoms with van der Waals surface area (Å²) in [5.41, 5.74) is 0. The van der Waals surface area contributed by atoms with Gasteiger partial charge in [-0.1, -0.05) is 68.5 Å². The number of ether oxygens (including phenoxy) is 2. The van der Waals surface area contributed by atoms with Crippen LogP contribution in [0, 0.1) is 12.5 Å². The quantitative estimate of drug-likeness (QED) is 0.261. The van der Waals surface area contributed by atoms with Gasteiger partial charge in [0.15, 0.2) is 0 Å². The second-order valence-electron chi connectivity index (χ2n) is 6.16. The second-order valence-corrected chi connectivity index (χ2v) is 6.16. The highest BCUT2D eigenvalue weighted by Crippen LogP contribution is 2.25. The zero-order valence-corrected chi connectivity index (χ0v) is 14.9. The molecular weight excluding hydrogens is 328 g/mol. The number of carbonyl (C=O) groups is 2. The molecule has 2 rings (SSSR count). The number of hydrogen-bond acceptors (Lipinski definition) is 4. The molecule has 2 aromatic rings. The van der Waals surface area contributed by atoms with E-state index in [4.69, 9.17) is 11.2 Å². The molecule has 0 saturated heterocycles. The summed E-state index contributed by atoms with van der Waals surface area (Å²) in [6, 6.07) is 13.6. The number of hydrogen-bond donors (Lipinski definition) is 0. The van der Waals surface area contributed by atoms with Crippen molar-refractivity contribution in [2.75, 3.05) is 0 Å². The number of fused-ring (bicyclic) bond motifs is 1. The van der Waals surface area contributed by atoms with E-state index in [0.29, 0.717) is 18.6 Å². The molecule has 0 saturated carbocycles. The maximum absolute atomic E-state index is 12.0. The molecule has 0 bridgehead atoms. The maximum Gasteiger partial charge on any atom is 0.319 e. The van der Waals surface area contributed by atoms with Gasteiger partial charge in [-0.25, -0.2) is 0 Å². The Morgan fingerprint density at radius 1 is 0.808 bits per heavy atom. The number of carbonyl (C=O) groups excluding carboxylic acids is 2. The van der Waals surface area contributed by atoms with Crippen LogP contribution in [-0.2, 0) is 14.3 Å². The lowest BCUT2D eigenvalue weighted by molar-refractivity contribution is -0.137. The lowest BCUT2D eigenvalue weighted by atomic mass is 10.1. The van der Waals surface area contributed by atoms with Gasteiger partial charge in [0.25, 0.3) is 0 Å². The van der Waals surface area contributed by atoms with Crippen molar-refractivity contribution in [1.29, 1.82) is 0 Å². The third-order valence-corrected chi connectivity index (χ3v) is 4.16. The predicted octanol–water partition coefficient (Wildman–Crippen LogP) is 5.00. The van der Waals surface area contributed by atoms with Gasteiger partial charge in [0.05, 0.1) is 0 Å². The van der Waals surface area contributed by atoms with Crippen LogP contribution in [0.25, 0.3) is 10.8 Å². The molecule has 0 radical (unpaired) electrons. The molecule has 0 heterocycles. The van der Waals surface area contributed by atoms with Gasteiger partial charge in [-0.3, -0.25) is 9.59 Å². The molecule has 0 unspecified atom stereocenters. The Labute approximate surface area is 154 Å². The van der Waals surface area contributed by atoms with Crippen molar-refractivity contribution in [3.05, 3.63) is 42.5 Å². The molecule has 0 fully saturated rings. The van der Waals surface area contributed by atoms with Crippen molar-refractivity contribution in [1.82, 2.24) is 0 Å². The summed E-state index contributed by atoms with van der Waals surface area (Å²) in [6.45, 7) is 0. The van der Waals surface area contributed by atoms with Crippen molar-refractivity contribution in [3.8, 4) is 18.3 Å². The molecule has 2 aromatic carbocycles. The minimum absolute atomic E-state index is 0.196. The molecule has 4 heteroatoms. The number of rotatable bonds is 10. The summed E-state index contributed by atoms with van der Waals surface area (Å²) in [4.78, 5) is 23.1. The highest BCUT2D eigenvalue weighted by Gasteiger charge is 2.08. The average Bonchev–Trinajstić information content (AvgIpc) is 2.64. The van der Waals surface area contributed by atoms with Crippen LogP contribution in [0.3, 0.4) is 0 Å². The summed E-state index contributed by atoms with van der Waals surface area (Å²) >= 11 is 0. The lowest BCUT2D eigenvalue weighted by Crippen LogP contribution is -2.07. The fraction of sp³-hybridized carbons (Fsp3) is 0.364. The van der Waals surface area contributed by atoms with Gasteiger partial charge in [0.1, 0.15) is 11.9 Å². The van der Waals surface area contributed by atoms with Crippen molar-refractivity contribution >= 4 is 22.7 Å². The highest BCUT2D eigenvalue weighted by atomic mass is 16.5. The van der Waals surface area contributed by atoms with E-state index in [2.05, 4.69) is 4.74 Å². The summed E-state index contributed by atoms with van der Waals surface area (Å²) in [5.74, 6) is 0.0778. The van der Waals surface area contributed by atoms with Crippen molar-refractivity contribution in [3.63, 3.8) is 0 Å². The summed E-state index contributed by atoms with van der Waals surface area (Å²) in [7, 11) is 0. The molecule has 0 amide bonds. The van der Waals surface area contributed by atoms with Gasteiger partial charge in [0, 0.05) is 18.2 Å². The van der Waals surface area contributed by atoms with Crippen LogP contribution >= 0.6 is 0 Å². The molecule has 0 aliphatic rings. The first-order valence-corrected chi connectivity index (χ1v) is 9.04. The van der Waals surface area contributed by atoms with E-state index >= 15 is 0 Å². The number of esters is 2. The molecule has 136 valence electrons. The Morgan fingerprint density at radius 2 is 1.42 bits per heavy atom. The van der Waals surface area contributed by atoms with Crippen LogP contribution in [-0.4, -0.2) is 11.9 Å². The van der Waals surface area contributed by atoms with E-state index in [1.807, 2.05) is 48.6 Å². The van der Waals surface area contributed by atoms with Gasteiger partial charge in [-0.05, 0) is 24.3 Å². The molecule has 4 nitrogen and oxygen atoms in total. The fourth-order valence-corrected chi connectivity index (χ4v) is 2.82. The van der Waals surface area contributed by atoms with E-state index in [1.54, 1.807) is 0 Å². The Kier molecular flexibility index (Phi) is 8.21. The first kappa shape index (κ1) is 19.5. The van der Waals surface area contributed by atoms with Gasteiger partial charge in [-0.2, -0.15) is 0 Å². The third-order valence-electron chi connectivity index (χ3n) is 4.16. The van der Waals surface area contributed by atoms with E-state index < -0.39 is 0 Å². The molecule has 26 heavy (non-hydrogen) atoms. The van der Waals surface area contributed by atoms with Crippen LogP contribution in [0.5, 0.6) is 5.75 Å². The monoisotopic (exact) mass is 352 g/mol. The van der Waals surface area contributed by atoms with Crippen LogP contribution < -0.4 is 4.74 Å². The molecule has 0 N–H and O–H groups in total. The number of terminal acetylenes is 1. The first-order valence-electron chi connectivity index (χ1n) is 9.04. The molecule has 0 spiro atoms. The molecular formula is C22H24O4. The maximum atomic E-state index is 12.0. The standard InChI is InChI=1S/C22H24O4/c1-2-25-21(23)16-7-5-3-4-6-8-17-22(24)26-20-15-11-13-18-12-9-10-14-19(18)20/h1,9-15H,3-8,16-17H2. The second kappa shape index (κ2) is 10.9. The third kappa shape index (κ3) is 6.60. The summed E-state index contributed by atoms with van der Waals surface area (Å²) in [6.07, 6.45) is 13.1. The smallest absolute Gasteiger partial charge is 0.319 e. The zero-order valence-electron chi connectivity index (χ0n) is 14.9. The van der Waals surface area contributed by atoms with Crippen LogP contribution in [0.4, 0.5) is 0 Å².